The molecule has 0 aliphatic heterocycles. The second-order valence-corrected chi connectivity index (χ2v) is 4.36. The maximum atomic E-state index is 11.2. The summed E-state index contributed by atoms with van der Waals surface area (Å²) in [7, 11) is -1.09. The number of hydrogen-bond acceptors (Lipinski definition) is 2. The number of hydrogen-bond donors (Lipinski definition) is 0. The van der Waals surface area contributed by atoms with Gasteiger partial charge in [0.05, 0.1) is 10.8 Å². The summed E-state index contributed by atoms with van der Waals surface area (Å²) in [6.07, 6.45) is 1.58. The van der Waals surface area contributed by atoms with Crippen molar-refractivity contribution in [1.29, 1.82) is 0 Å². The summed E-state index contributed by atoms with van der Waals surface area (Å²) >= 11 is 0. The third-order valence-corrected chi connectivity index (χ3v) is 2.80. The fourth-order valence-corrected chi connectivity index (χ4v) is 1.94. The molecule has 0 saturated heterocycles. The van der Waals surface area contributed by atoms with Gasteiger partial charge in [0.25, 0.3) is 0 Å². The van der Waals surface area contributed by atoms with Gasteiger partial charge in [0.15, 0.2) is 5.78 Å². The van der Waals surface area contributed by atoms with Gasteiger partial charge < -0.3 is 0 Å². The molecule has 0 aliphatic rings. The maximum absolute atomic E-state index is 11.2. The summed E-state index contributed by atoms with van der Waals surface area (Å²) in [4.78, 5) is 11.8. The largest absolute Gasteiger partial charge is 0.294 e. The van der Waals surface area contributed by atoms with Crippen molar-refractivity contribution in [2.75, 3.05) is 6.26 Å². The molecule has 0 N–H and O–H groups in total. The molecule has 0 amide bonds. The summed E-state index contributed by atoms with van der Waals surface area (Å²) in [6, 6.07) is 5.39. The molecule has 0 fully saturated rings. The molecule has 0 bridgehead atoms. The Morgan fingerprint density at radius 3 is 2.46 bits per heavy atom. The topological polar surface area (TPSA) is 34.1 Å². The molecule has 1 aromatic carbocycles. The molecule has 13 heavy (non-hydrogen) atoms. The van der Waals surface area contributed by atoms with Gasteiger partial charge in [-0.05, 0) is 26.0 Å². The third-order valence-electron chi connectivity index (χ3n) is 1.82. The lowest BCUT2D eigenvalue weighted by atomic mass is 10.1. The van der Waals surface area contributed by atoms with Crippen LogP contribution in [0.3, 0.4) is 0 Å². The Morgan fingerprint density at radius 1 is 1.38 bits per heavy atom. The smallest absolute Gasteiger partial charge is 0.161 e. The SMILES string of the molecule is CC(=O)c1cc(C)ccc1[S@@](C)=O. The summed E-state index contributed by atoms with van der Waals surface area (Å²) < 4.78 is 11.2. The zero-order valence-electron chi connectivity index (χ0n) is 7.96. The van der Waals surface area contributed by atoms with Crippen LogP contribution in [0.2, 0.25) is 0 Å². The number of carbonyl (C=O) groups excluding carboxylic acids is 1. The number of benzene rings is 1. The van der Waals surface area contributed by atoms with Crippen molar-refractivity contribution in [3.05, 3.63) is 29.3 Å². The van der Waals surface area contributed by atoms with E-state index in [1.807, 2.05) is 13.0 Å². The lowest BCUT2D eigenvalue weighted by molar-refractivity contribution is 0.101. The lowest BCUT2D eigenvalue weighted by Gasteiger charge is -2.04. The minimum absolute atomic E-state index is 0.0334. The average molecular weight is 196 g/mol. The molecular weight excluding hydrogens is 184 g/mol. The first-order chi connectivity index (χ1) is 6.02. The lowest BCUT2D eigenvalue weighted by Crippen LogP contribution is -2.01. The van der Waals surface area contributed by atoms with Crippen molar-refractivity contribution in [1.82, 2.24) is 0 Å². The highest BCUT2D eigenvalue weighted by Crippen LogP contribution is 2.15. The fraction of sp³-hybridized carbons (Fsp3) is 0.300. The molecule has 0 unspecified atom stereocenters. The highest BCUT2D eigenvalue weighted by Gasteiger charge is 2.09. The van der Waals surface area contributed by atoms with E-state index in [2.05, 4.69) is 0 Å². The number of aryl methyl sites for hydroxylation is 1. The number of ketones is 1. The number of carbonyl (C=O) groups is 1. The van der Waals surface area contributed by atoms with Crippen molar-refractivity contribution in [2.24, 2.45) is 0 Å². The van der Waals surface area contributed by atoms with Crippen LogP contribution in [0.5, 0.6) is 0 Å². The van der Waals surface area contributed by atoms with E-state index in [-0.39, 0.29) is 5.78 Å². The molecule has 0 saturated carbocycles. The van der Waals surface area contributed by atoms with Gasteiger partial charge in [0.2, 0.25) is 0 Å². The van der Waals surface area contributed by atoms with Gasteiger partial charge in [-0.25, -0.2) is 0 Å². The molecule has 70 valence electrons. The summed E-state index contributed by atoms with van der Waals surface area (Å²) in [5.41, 5.74) is 1.58. The van der Waals surface area contributed by atoms with Crippen LogP contribution in [0.25, 0.3) is 0 Å². The van der Waals surface area contributed by atoms with Crippen molar-refractivity contribution in [3.63, 3.8) is 0 Å². The maximum Gasteiger partial charge on any atom is 0.161 e. The second-order valence-electron chi connectivity index (χ2n) is 3.01. The fourth-order valence-electron chi connectivity index (χ4n) is 1.17. The van der Waals surface area contributed by atoms with E-state index in [1.54, 1.807) is 18.4 Å². The molecule has 1 rings (SSSR count). The number of rotatable bonds is 2. The summed E-state index contributed by atoms with van der Waals surface area (Å²) in [5.74, 6) is -0.0334. The second kappa shape index (κ2) is 3.83. The van der Waals surface area contributed by atoms with Gasteiger partial charge in [-0.3, -0.25) is 9.00 Å². The highest BCUT2D eigenvalue weighted by atomic mass is 32.2. The molecule has 2 nitrogen and oxygen atoms in total. The van der Waals surface area contributed by atoms with Gasteiger partial charge in [-0.1, -0.05) is 11.6 Å². The van der Waals surface area contributed by atoms with Crippen molar-refractivity contribution in [3.8, 4) is 0 Å². The molecule has 1 aromatic rings. The molecule has 0 spiro atoms. The quantitative estimate of drug-likeness (QED) is 0.677. The Labute approximate surface area is 80.4 Å². The van der Waals surface area contributed by atoms with E-state index in [9.17, 15) is 9.00 Å². The Morgan fingerprint density at radius 2 is 2.00 bits per heavy atom. The van der Waals surface area contributed by atoms with E-state index in [0.29, 0.717) is 10.5 Å². The van der Waals surface area contributed by atoms with Crippen molar-refractivity contribution in [2.45, 2.75) is 18.7 Å². The van der Waals surface area contributed by atoms with Crippen LogP contribution < -0.4 is 0 Å². The van der Waals surface area contributed by atoms with E-state index in [1.165, 1.54) is 6.92 Å². The molecule has 3 heteroatoms. The average Bonchev–Trinajstić information content (AvgIpc) is 2.03. The molecule has 0 aliphatic carbocycles. The van der Waals surface area contributed by atoms with Crippen LogP contribution in [0.15, 0.2) is 23.1 Å². The zero-order valence-corrected chi connectivity index (χ0v) is 8.77. The summed E-state index contributed by atoms with van der Waals surface area (Å²) in [5, 5.41) is 0. The summed E-state index contributed by atoms with van der Waals surface area (Å²) in [6.45, 7) is 3.40. The van der Waals surface area contributed by atoms with Gasteiger partial charge in [0.1, 0.15) is 0 Å². The van der Waals surface area contributed by atoms with Crippen LogP contribution in [0.1, 0.15) is 22.8 Å². The van der Waals surface area contributed by atoms with E-state index in [4.69, 9.17) is 0 Å². The van der Waals surface area contributed by atoms with Gasteiger partial charge in [-0.15, -0.1) is 0 Å². The van der Waals surface area contributed by atoms with E-state index >= 15 is 0 Å². The third kappa shape index (κ3) is 2.25. The van der Waals surface area contributed by atoms with Gasteiger partial charge in [0, 0.05) is 16.7 Å². The Balaban J connectivity index is 3.35. The van der Waals surface area contributed by atoms with E-state index < -0.39 is 10.8 Å². The van der Waals surface area contributed by atoms with Gasteiger partial charge in [-0.2, -0.15) is 0 Å². The minimum Gasteiger partial charge on any atom is -0.294 e. The monoisotopic (exact) mass is 196 g/mol. The molecule has 0 heterocycles. The Bertz CT molecular complexity index is 369. The molecule has 0 aromatic heterocycles. The van der Waals surface area contributed by atoms with Crippen LogP contribution in [-0.2, 0) is 10.8 Å². The van der Waals surface area contributed by atoms with Gasteiger partial charge >= 0.3 is 0 Å². The van der Waals surface area contributed by atoms with Crippen LogP contribution in [-0.4, -0.2) is 16.2 Å². The van der Waals surface area contributed by atoms with Crippen LogP contribution >= 0.6 is 0 Å². The first kappa shape index (κ1) is 10.1. The van der Waals surface area contributed by atoms with Crippen molar-refractivity contribution >= 4 is 16.6 Å². The molecule has 0 radical (unpaired) electrons. The van der Waals surface area contributed by atoms with Crippen LogP contribution in [0.4, 0.5) is 0 Å². The predicted octanol–water partition coefficient (Wildman–Crippen LogP) is 1.94. The minimum atomic E-state index is -1.09. The Kier molecular flexibility index (Phi) is 2.98. The Hall–Kier alpha value is -0.960. The zero-order chi connectivity index (χ0) is 10.0. The predicted molar refractivity (Wildman–Crippen MR) is 53.5 cm³/mol. The normalized spacial score (nSPS) is 12.5. The van der Waals surface area contributed by atoms with E-state index in [0.717, 1.165) is 5.56 Å². The standard InChI is InChI=1S/C10H12O2S/c1-7-4-5-10(13(3)12)9(6-7)8(2)11/h4-6H,1-3H3/t13-/m1/s1. The molecule has 1 atom stereocenters. The van der Waals surface area contributed by atoms with Crippen LogP contribution in [0, 0.1) is 6.92 Å². The first-order valence-electron chi connectivity index (χ1n) is 3.97. The first-order valence-corrected chi connectivity index (χ1v) is 5.53. The number of Topliss-reactive ketones (excluding diaryl/α,β-unsaturated/α-hetero) is 1. The highest BCUT2D eigenvalue weighted by molar-refractivity contribution is 7.84. The van der Waals surface area contributed by atoms with Crippen molar-refractivity contribution < 1.29 is 9.00 Å². The molecular formula is C10H12O2S.